The van der Waals surface area contributed by atoms with E-state index in [2.05, 4.69) is 23.6 Å². The Bertz CT molecular complexity index is 3780. The van der Waals surface area contributed by atoms with E-state index in [4.69, 9.17) is 47.9 Å². The number of hydrogen-bond donors (Lipinski definition) is 3. The Kier molecular flexibility index (Phi) is 16.6. The number of phenols is 1. The second-order valence-corrected chi connectivity index (χ2v) is 20.8. The van der Waals surface area contributed by atoms with Gasteiger partial charge in [0.05, 0.1) is 97.2 Å². The van der Waals surface area contributed by atoms with Crippen molar-refractivity contribution in [3.05, 3.63) is 119 Å². The second-order valence-electron chi connectivity index (χ2n) is 20.8. The minimum Gasteiger partial charge on any atom is -0.508 e. The van der Waals surface area contributed by atoms with Crippen molar-refractivity contribution in [3.8, 4) is 28.5 Å². The van der Waals surface area contributed by atoms with Crippen molar-refractivity contribution in [2.75, 3.05) is 59.3 Å². The van der Waals surface area contributed by atoms with Crippen molar-refractivity contribution >= 4 is 57.5 Å². The summed E-state index contributed by atoms with van der Waals surface area (Å²) in [5.74, 6) is -4.73. The maximum atomic E-state index is 14.1. The predicted molar refractivity (Wildman–Crippen MR) is 296 cm³/mol. The molecule has 0 fully saturated rings. The van der Waals surface area contributed by atoms with Crippen LogP contribution in [0.2, 0.25) is 0 Å². The molecule has 4 aliphatic rings. The third-order valence-electron chi connectivity index (χ3n) is 15.6. The Morgan fingerprint density at radius 2 is 1.11 bits per heavy atom. The maximum Gasteiger partial charge on any atom is 0.355 e. The number of nitrogens with one attached hydrogen (secondary N) is 2. The maximum absolute atomic E-state index is 14.1. The van der Waals surface area contributed by atoms with E-state index in [-0.39, 0.29) is 99.2 Å². The van der Waals surface area contributed by atoms with Crippen LogP contribution in [0.5, 0.6) is 5.75 Å². The van der Waals surface area contributed by atoms with Crippen LogP contribution < -0.4 is 21.8 Å². The van der Waals surface area contributed by atoms with Crippen LogP contribution in [0.4, 0.5) is 0 Å². The monoisotopic (exact) mass is 1140 g/mol. The van der Waals surface area contributed by atoms with Crippen LogP contribution in [0.3, 0.4) is 0 Å². The number of aromatic nitrogens is 4. The molecule has 0 aliphatic carbocycles. The number of carbonyl (C=O) groups is 6. The molecule has 0 saturated carbocycles. The number of pyridine rings is 4. The molecular formula is C60H64N6O17. The number of carbonyl (C=O) groups excluding carboxylic acids is 6. The number of nitrogens with zero attached hydrogens (tertiary/aromatic N) is 4. The van der Waals surface area contributed by atoms with Gasteiger partial charge in [0.1, 0.15) is 45.3 Å². The topological polar surface area (TPSA) is 290 Å². The van der Waals surface area contributed by atoms with Gasteiger partial charge >= 0.3 is 23.9 Å². The largest absolute Gasteiger partial charge is 0.508 e. The summed E-state index contributed by atoms with van der Waals surface area (Å²) in [5, 5.41) is 16.9. The first kappa shape index (κ1) is 57.8. The van der Waals surface area contributed by atoms with Gasteiger partial charge in [0.25, 0.3) is 11.1 Å². The third-order valence-corrected chi connectivity index (χ3v) is 15.6. The average Bonchev–Trinajstić information content (AvgIpc) is 3.39. The zero-order valence-corrected chi connectivity index (χ0v) is 47.0. The molecule has 83 heavy (non-hydrogen) atoms. The first-order valence-corrected chi connectivity index (χ1v) is 27.7. The number of amides is 2. The predicted octanol–water partition coefficient (Wildman–Crippen LogP) is 4.10. The van der Waals surface area contributed by atoms with Gasteiger partial charge in [0.15, 0.2) is 0 Å². The van der Waals surface area contributed by atoms with E-state index in [1.807, 2.05) is 26.0 Å². The van der Waals surface area contributed by atoms with Gasteiger partial charge in [0.2, 0.25) is 23.0 Å². The third kappa shape index (κ3) is 10.8. The molecule has 0 spiro atoms. The van der Waals surface area contributed by atoms with Crippen LogP contribution in [0.1, 0.15) is 97.5 Å². The van der Waals surface area contributed by atoms with E-state index in [9.17, 15) is 43.5 Å². The van der Waals surface area contributed by atoms with Crippen LogP contribution in [-0.4, -0.2) is 125 Å². The summed E-state index contributed by atoms with van der Waals surface area (Å²) in [6, 6.07) is 14.2. The Hall–Kier alpha value is -8.38. The van der Waals surface area contributed by atoms with Crippen LogP contribution in [0.25, 0.3) is 44.6 Å². The molecule has 1 unspecified atom stereocenters. The molecule has 23 nitrogen and oxygen atoms in total. The summed E-state index contributed by atoms with van der Waals surface area (Å²) >= 11 is 0. The summed E-state index contributed by atoms with van der Waals surface area (Å²) in [5.41, 5.74) is 4.48. The van der Waals surface area contributed by atoms with Crippen molar-refractivity contribution in [2.24, 2.45) is 0 Å². The number of esters is 4. The van der Waals surface area contributed by atoms with Crippen LogP contribution in [-0.2, 0) is 117 Å². The number of benzene rings is 2. The second kappa shape index (κ2) is 23.8. The summed E-state index contributed by atoms with van der Waals surface area (Å²) in [6.07, 6.45) is 0.819. The van der Waals surface area contributed by atoms with Crippen LogP contribution >= 0.6 is 0 Å². The summed E-state index contributed by atoms with van der Waals surface area (Å²) in [6.45, 7) is 9.37. The fourth-order valence-electron chi connectivity index (χ4n) is 11.5. The van der Waals surface area contributed by atoms with Gasteiger partial charge in [0, 0.05) is 33.0 Å². The highest BCUT2D eigenvalue weighted by molar-refractivity contribution is 5.93. The van der Waals surface area contributed by atoms with E-state index >= 15 is 0 Å². The number of ether oxygens (including phenoxy) is 8. The molecule has 4 aliphatic heterocycles. The van der Waals surface area contributed by atoms with Crippen molar-refractivity contribution < 1.29 is 71.8 Å². The van der Waals surface area contributed by atoms with Crippen LogP contribution in [0, 0.1) is 6.92 Å². The van der Waals surface area contributed by atoms with E-state index in [1.54, 1.807) is 54.2 Å². The van der Waals surface area contributed by atoms with E-state index in [0.29, 0.717) is 47.7 Å². The molecular weight excluding hydrogens is 1080 g/mol. The van der Waals surface area contributed by atoms with Crippen molar-refractivity contribution in [1.82, 2.24) is 29.7 Å². The molecule has 2 amide bonds. The van der Waals surface area contributed by atoms with Gasteiger partial charge in [-0.15, -0.1) is 0 Å². The zero-order valence-electron chi connectivity index (χ0n) is 47.0. The smallest absolute Gasteiger partial charge is 0.355 e. The molecule has 10 rings (SSSR count). The standard InChI is InChI=1S/C60H64N6O17/c1-7-35-37-19-32(5)11-13-45(37)63-53-39(35)25-65-47(53)21-43-41(55(65)72)28-80-57(74)59(43,9-3)83-52(71)24-62-50(69)31-78-17-18-79-33(6)27-76-15-16-77-30-49(68)61-23-51(70)82-60(10-4)44-22-48-54-40(26-66(48)56(73)42(44)29-81-58(60)75)36(8-2)38-20-34(67)12-14-46(38)64-54/h11-14,19-22,33,67H,7-10,15-18,23-31H2,1-6H3,(H,61,68)(H,62,69)/t33?,59-,60-/m0/s1. The van der Waals surface area contributed by atoms with Crippen LogP contribution in [0.15, 0.2) is 58.1 Å². The van der Waals surface area contributed by atoms with Gasteiger partial charge < -0.3 is 62.8 Å². The zero-order chi connectivity index (χ0) is 58.9. The summed E-state index contributed by atoms with van der Waals surface area (Å²) < 4.78 is 47.8. The first-order chi connectivity index (χ1) is 39.9. The number of cyclic esters (lactones) is 2. The van der Waals surface area contributed by atoms with Gasteiger partial charge in [-0.05, 0) is 93.1 Å². The normalized spacial score (nSPS) is 17.6. The molecule has 3 N–H and O–H groups in total. The van der Waals surface area contributed by atoms with Gasteiger partial charge in [-0.3, -0.25) is 28.8 Å². The van der Waals surface area contributed by atoms with E-state index in [1.165, 1.54) is 6.07 Å². The van der Waals surface area contributed by atoms with Crippen molar-refractivity contribution in [3.63, 3.8) is 0 Å². The lowest BCUT2D eigenvalue weighted by Gasteiger charge is -2.35. The fourth-order valence-corrected chi connectivity index (χ4v) is 11.5. The highest BCUT2D eigenvalue weighted by atomic mass is 16.6. The molecule has 8 heterocycles. The van der Waals surface area contributed by atoms with Crippen molar-refractivity contribution in [1.29, 1.82) is 0 Å². The van der Waals surface area contributed by atoms with Gasteiger partial charge in [-0.2, -0.15) is 0 Å². The molecule has 4 aromatic heterocycles. The molecule has 2 aromatic carbocycles. The number of phenolic OH excluding ortho intramolecular Hbond substituents is 1. The fraction of sp³-hybridized carbons (Fsp3) is 0.433. The molecule has 436 valence electrons. The lowest BCUT2D eigenvalue weighted by molar-refractivity contribution is -0.189. The Balaban J connectivity index is 0.624. The lowest BCUT2D eigenvalue weighted by Crippen LogP contribution is -2.48. The highest BCUT2D eigenvalue weighted by Gasteiger charge is 2.52. The van der Waals surface area contributed by atoms with E-state index in [0.717, 1.165) is 44.1 Å². The Morgan fingerprint density at radius 3 is 1.60 bits per heavy atom. The number of hydrogen-bond acceptors (Lipinski definition) is 19. The minimum atomic E-state index is -1.97. The summed E-state index contributed by atoms with van der Waals surface area (Å²) in [4.78, 5) is 117. The lowest BCUT2D eigenvalue weighted by atomic mass is 9.85. The minimum absolute atomic E-state index is 0.0246. The quantitative estimate of drug-likeness (QED) is 0.0461. The molecule has 23 heteroatoms. The van der Waals surface area contributed by atoms with E-state index < -0.39 is 84.9 Å². The number of aryl methyl sites for hydroxylation is 3. The molecule has 3 atom stereocenters. The Labute approximate surface area is 475 Å². The SMILES string of the molecule is CCc1c2c(nc3ccc(O)cc13)-c1cc3c(c(=O)n1C2)COC(=O)[C@@]3(CC)OC(=O)CNC(=O)COCCOCC(C)OCCOCC(=O)NCC(=O)O[C@]1(CC)C(=O)OCc2c1cc1n(c2=O)Cc2c-1nc1ccc(C)cc1c2CC. The molecule has 6 aromatic rings. The first-order valence-electron chi connectivity index (χ1n) is 27.7. The molecule has 0 saturated heterocycles. The van der Waals surface area contributed by atoms with Crippen molar-refractivity contribution in [2.45, 2.75) is 111 Å². The Morgan fingerprint density at radius 1 is 0.639 bits per heavy atom. The number of fused-ring (bicyclic) bond motifs is 10. The highest BCUT2D eigenvalue weighted by Crippen LogP contribution is 2.44. The molecule has 0 bridgehead atoms. The average molecular weight is 1140 g/mol. The molecule has 0 radical (unpaired) electrons. The number of rotatable bonds is 23. The van der Waals surface area contributed by atoms with Gasteiger partial charge in [-0.25, -0.2) is 19.6 Å². The summed E-state index contributed by atoms with van der Waals surface area (Å²) in [7, 11) is 0. The number of aromatic hydroxyl groups is 1. The van der Waals surface area contributed by atoms with Gasteiger partial charge in [-0.1, -0.05) is 39.3 Å².